The monoisotopic (exact) mass is 375 g/mol. The van der Waals surface area contributed by atoms with Gasteiger partial charge < -0.3 is 5.11 Å². The molecule has 6 heteroatoms. The molecule has 0 bridgehead atoms. The van der Waals surface area contributed by atoms with Gasteiger partial charge in [-0.25, -0.2) is 4.79 Å². The quantitative estimate of drug-likeness (QED) is 0.592. The van der Waals surface area contributed by atoms with Crippen LogP contribution >= 0.6 is 24.0 Å². The summed E-state index contributed by atoms with van der Waals surface area (Å²) in [6, 6.07) is 8.86. The Bertz CT molecular complexity index is 740. The van der Waals surface area contributed by atoms with E-state index < -0.39 is 12.0 Å². The van der Waals surface area contributed by atoms with E-state index in [4.69, 9.17) is 12.2 Å². The lowest BCUT2D eigenvalue weighted by atomic mass is 9.98. The van der Waals surface area contributed by atoms with Gasteiger partial charge in [0.15, 0.2) is 0 Å². The summed E-state index contributed by atoms with van der Waals surface area (Å²) < 4.78 is 0.302. The van der Waals surface area contributed by atoms with Gasteiger partial charge in [0, 0.05) is 0 Å². The molecule has 1 aliphatic heterocycles. The van der Waals surface area contributed by atoms with Crippen LogP contribution in [0, 0.1) is 5.92 Å². The highest BCUT2D eigenvalue weighted by Crippen LogP contribution is 2.35. The molecule has 1 saturated heterocycles. The zero-order valence-corrected chi connectivity index (χ0v) is 16.1. The standard InChI is InChI=1S/C19H21NO3S2/c1-4-13(3)16(18(22)23)20-17(21)15(25-19(20)24)11-12(2)10-14-8-6-5-7-9-14/h5-11,13,16H,4H2,1-3H3,(H,22,23). The minimum Gasteiger partial charge on any atom is -0.480 e. The highest BCUT2D eigenvalue weighted by Gasteiger charge is 2.42. The topological polar surface area (TPSA) is 57.6 Å². The van der Waals surface area contributed by atoms with Crippen molar-refractivity contribution in [3.63, 3.8) is 0 Å². The van der Waals surface area contributed by atoms with Gasteiger partial charge in [-0.05, 0) is 30.1 Å². The molecular weight excluding hydrogens is 354 g/mol. The number of carbonyl (C=O) groups excluding carboxylic acids is 1. The average molecular weight is 376 g/mol. The summed E-state index contributed by atoms with van der Waals surface area (Å²) in [5.74, 6) is -1.53. The Labute approximate surface area is 157 Å². The smallest absolute Gasteiger partial charge is 0.327 e. The Morgan fingerprint density at radius 1 is 1.36 bits per heavy atom. The normalized spacial score (nSPS) is 19.4. The highest BCUT2D eigenvalue weighted by molar-refractivity contribution is 8.26. The van der Waals surface area contributed by atoms with Crippen molar-refractivity contribution < 1.29 is 14.7 Å². The van der Waals surface area contributed by atoms with Gasteiger partial charge in [0.2, 0.25) is 0 Å². The number of carbonyl (C=O) groups is 2. The van der Waals surface area contributed by atoms with Crippen LogP contribution in [0.4, 0.5) is 0 Å². The van der Waals surface area contributed by atoms with E-state index in [-0.39, 0.29) is 11.8 Å². The predicted molar refractivity (Wildman–Crippen MR) is 106 cm³/mol. The maximum atomic E-state index is 12.7. The number of benzene rings is 1. The molecule has 132 valence electrons. The van der Waals surface area contributed by atoms with E-state index in [9.17, 15) is 14.7 Å². The van der Waals surface area contributed by atoms with Crippen LogP contribution in [0.5, 0.6) is 0 Å². The van der Waals surface area contributed by atoms with E-state index in [0.717, 1.165) is 22.9 Å². The number of thioether (sulfide) groups is 1. The zero-order valence-electron chi connectivity index (χ0n) is 14.4. The van der Waals surface area contributed by atoms with Crippen molar-refractivity contribution in [1.82, 2.24) is 4.90 Å². The van der Waals surface area contributed by atoms with Gasteiger partial charge in [-0.1, -0.05) is 80.7 Å². The molecule has 0 aromatic heterocycles. The lowest BCUT2D eigenvalue weighted by Crippen LogP contribution is -2.47. The van der Waals surface area contributed by atoms with E-state index >= 15 is 0 Å². The Morgan fingerprint density at radius 3 is 2.56 bits per heavy atom. The third-order valence-electron chi connectivity index (χ3n) is 4.09. The van der Waals surface area contributed by atoms with Crippen molar-refractivity contribution in [3.05, 3.63) is 52.4 Å². The zero-order chi connectivity index (χ0) is 18.6. The molecule has 2 unspecified atom stereocenters. The molecule has 0 aliphatic carbocycles. The van der Waals surface area contributed by atoms with Crippen LogP contribution < -0.4 is 0 Å². The summed E-state index contributed by atoms with van der Waals surface area (Å²) >= 11 is 6.44. The van der Waals surface area contributed by atoms with Crippen LogP contribution in [0.15, 0.2) is 46.9 Å². The molecule has 1 fully saturated rings. The van der Waals surface area contributed by atoms with Gasteiger partial charge in [-0.15, -0.1) is 0 Å². The third-order valence-corrected chi connectivity index (χ3v) is 5.42. The third kappa shape index (κ3) is 4.58. The molecule has 2 atom stereocenters. The summed E-state index contributed by atoms with van der Waals surface area (Å²) in [6.07, 6.45) is 4.39. The van der Waals surface area contributed by atoms with Crippen LogP contribution in [-0.2, 0) is 9.59 Å². The number of carboxylic acids is 1. The van der Waals surface area contributed by atoms with Crippen LogP contribution in [0.3, 0.4) is 0 Å². The van der Waals surface area contributed by atoms with Crippen molar-refractivity contribution in [1.29, 1.82) is 0 Å². The molecule has 1 N–H and O–H groups in total. The summed E-state index contributed by atoms with van der Waals surface area (Å²) in [7, 11) is 0. The molecule has 1 amide bonds. The average Bonchev–Trinajstić information content (AvgIpc) is 2.83. The minimum atomic E-state index is -1.02. The van der Waals surface area contributed by atoms with Gasteiger partial charge in [-0.2, -0.15) is 0 Å². The van der Waals surface area contributed by atoms with Gasteiger partial charge in [0.1, 0.15) is 10.4 Å². The Morgan fingerprint density at radius 2 is 2.00 bits per heavy atom. The fourth-order valence-electron chi connectivity index (χ4n) is 2.61. The van der Waals surface area contributed by atoms with Crippen molar-refractivity contribution in [2.24, 2.45) is 5.92 Å². The lowest BCUT2D eigenvalue weighted by Gasteiger charge is -2.27. The maximum Gasteiger partial charge on any atom is 0.327 e. The Balaban J connectivity index is 2.28. The number of thiocarbonyl (C=S) groups is 1. The van der Waals surface area contributed by atoms with E-state index in [2.05, 4.69) is 0 Å². The number of nitrogens with zero attached hydrogens (tertiary/aromatic N) is 1. The van der Waals surface area contributed by atoms with Crippen molar-refractivity contribution >= 4 is 46.3 Å². The highest BCUT2D eigenvalue weighted by atomic mass is 32.2. The maximum absolute atomic E-state index is 12.7. The lowest BCUT2D eigenvalue weighted by molar-refractivity contribution is -0.147. The van der Waals surface area contributed by atoms with E-state index in [0.29, 0.717) is 15.6 Å². The first kappa shape index (κ1) is 19.4. The molecular formula is C19H21NO3S2. The molecule has 1 aromatic carbocycles. The second-order valence-corrected chi connectivity index (χ2v) is 7.70. The molecule has 1 aliphatic rings. The molecule has 1 heterocycles. The number of allylic oxidation sites excluding steroid dienone is 2. The van der Waals surface area contributed by atoms with Crippen molar-refractivity contribution in [3.8, 4) is 0 Å². The molecule has 25 heavy (non-hydrogen) atoms. The number of hydrogen-bond donors (Lipinski definition) is 1. The van der Waals surface area contributed by atoms with Crippen LogP contribution in [0.2, 0.25) is 0 Å². The Kier molecular flexibility index (Phi) is 6.56. The summed E-state index contributed by atoms with van der Waals surface area (Å²) in [4.78, 5) is 26.1. The van der Waals surface area contributed by atoms with Gasteiger partial charge >= 0.3 is 5.97 Å². The first-order valence-corrected chi connectivity index (χ1v) is 9.30. The van der Waals surface area contributed by atoms with E-state index in [1.165, 1.54) is 4.90 Å². The Hall–Kier alpha value is -1.92. The summed E-state index contributed by atoms with van der Waals surface area (Å²) in [6.45, 7) is 5.63. The SMILES string of the molecule is CCC(C)C(C(=O)O)N1C(=O)C(=CC(C)=Cc2ccccc2)SC1=S. The van der Waals surface area contributed by atoms with Crippen LogP contribution in [-0.4, -0.2) is 32.2 Å². The number of rotatable bonds is 6. The number of carboxylic acid groups (broad SMARTS) is 1. The number of amides is 1. The molecule has 0 radical (unpaired) electrons. The fourth-order valence-corrected chi connectivity index (χ4v) is 3.99. The molecule has 2 rings (SSSR count). The first-order chi connectivity index (χ1) is 11.8. The molecule has 0 saturated carbocycles. The second-order valence-electron chi connectivity index (χ2n) is 6.02. The van der Waals surface area contributed by atoms with Crippen molar-refractivity contribution in [2.75, 3.05) is 0 Å². The molecule has 1 aromatic rings. The van der Waals surface area contributed by atoms with Gasteiger partial charge in [-0.3, -0.25) is 9.69 Å². The predicted octanol–water partition coefficient (Wildman–Crippen LogP) is 4.33. The summed E-state index contributed by atoms with van der Waals surface area (Å²) in [5, 5.41) is 9.54. The number of hydrogen-bond acceptors (Lipinski definition) is 4. The minimum absolute atomic E-state index is 0.180. The largest absolute Gasteiger partial charge is 0.480 e. The van der Waals surface area contributed by atoms with Crippen LogP contribution in [0.1, 0.15) is 32.8 Å². The first-order valence-electron chi connectivity index (χ1n) is 8.08. The van der Waals surface area contributed by atoms with Crippen LogP contribution in [0.25, 0.3) is 6.08 Å². The molecule has 4 nitrogen and oxygen atoms in total. The number of aliphatic carboxylic acids is 1. The van der Waals surface area contributed by atoms with Gasteiger partial charge in [0.25, 0.3) is 5.91 Å². The van der Waals surface area contributed by atoms with Gasteiger partial charge in [0.05, 0.1) is 4.91 Å². The van der Waals surface area contributed by atoms with Crippen molar-refractivity contribution in [2.45, 2.75) is 33.2 Å². The summed E-state index contributed by atoms with van der Waals surface area (Å²) in [5.41, 5.74) is 1.94. The second kappa shape index (κ2) is 8.45. The fraction of sp³-hybridized carbons (Fsp3) is 0.316. The van der Waals surface area contributed by atoms with E-state index in [1.54, 1.807) is 6.08 Å². The molecule has 0 spiro atoms. The van der Waals surface area contributed by atoms with E-state index in [1.807, 2.05) is 57.2 Å².